The Morgan fingerprint density at radius 2 is 1.67 bits per heavy atom. The molecule has 2 aromatic rings. The Labute approximate surface area is 131 Å². The van der Waals surface area contributed by atoms with E-state index in [1.807, 2.05) is 20.8 Å². The Bertz CT molecular complexity index is 660. The first-order chi connectivity index (χ1) is 9.81. The van der Waals surface area contributed by atoms with Crippen LogP contribution in [0, 0.1) is 32.4 Å². The van der Waals surface area contributed by atoms with E-state index in [0.717, 1.165) is 28.3 Å². The van der Waals surface area contributed by atoms with Crippen molar-refractivity contribution >= 4 is 15.9 Å². The van der Waals surface area contributed by atoms with Crippen LogP contribution in [0.3, 0.4) is 0 Å². The van der Waals surface area contributed by atoms with E-state index in [2.05, 4.69) is 28.1 Å². The summed E-state index contributed by atoms with van der Waals surface area (Å²) in [7, 11) is 0. The molecule has 112 valence electrons. The molecule has 1 N–H and O–H groups in total. The molecule has 0 saturated heterocycles. The fourth-order valence-electron chi connectivity index (χ4n) is 2.63. The number of halogens is 3. The maximum atomic E-state index is 13.6. The standard InChI is InChI=1S/C17H17BrF2O/c1-9-6-10(2)13(11(3)7-9)8-15(21)12-4-5-14(19)17(20)16(12)18/h4-7,15,21H,8H2,1-3H3. The van der Waals surface area contributed by atoms with Crippen LogP contribution in [0.4, 0.5) is 8.78 Å². The van der Waals surface area contributed by atoms with E-state index in [1.165, 1.54) is 6.07 Å². The van der Waals surface area contributed by atoms with Crippen molar-refractivity contribution in [1.29, 1.82) is 0 Å². The van der Waals surface area contributed by atoms with Gasteiger partial charge in [-0.1, -0.05) is 23.8 Å². The molecule has 0 saturated carbocycles. The molecule has 0 aliphatic rings. The molecule has 0 fully saturated rings. The lowest BCUT2D eigenvalue weighted by molar-refractivity contribution is 0.176. The molecule has 0 aliphatic heterocycles. The predicted octanol–water partition coefficient (Wildman–Crippen LogP) is 4.93. The molecule has 0 bridgehead atoms. The number of benzene rings is 2. The molecule has 2 aromatic carbocycles. The minimum Gasteiger partial charge on any atom is -0.388 e. The van der Waals surface area contributed by atoms with Crippen molar-refractivity contribution in [3.63, 3.8) is 0 Å². The molecule has 0 aliphatic carbocycles. The zero-order chi connectivity index (χ0) is 15.7. The van der Waals surface area contributed by atoms with Gasteiger partial charge in [0.25, 0.3) is 0 Å². The van der Waals surface area contributed by atoms with Crippen molar-refractivity contribution in [2.75, 3.05) is 0 Å². The number of aliphatic hydroxyl groups excluding tert-OH is 1. The van der Waals surface area contributed by atoms with Crippen LogP contribution >= 0.6 is 15.9 Å². The highest BCUT2D eigenvalue weighted by Gasteiger charge is 2.19. The number of rotatable bonds is 3. The quantitative estimate of drug-likeness (QED) is 0.775. The zero-order valence-electron chi connectivity index (χ0n) is 12.2. The Balaban J connectivity index is 2.35. The van der Waals surface area contributed by atoms with Gasteiger partial charge in [0.2, 0.25) is 0 Å². The molecule has 0 amide bonds. The number of hydrogen-bond donors (Lipinski definition) is 1. The van der Waals surface area contributed by atoms with Gasteiger partial charge in [0.05, 0.1) is 10.6 Å². The molecular formula is C17H17BrF2O. The van der Waals surface area contributed by atoms with Gasteiger partial charge in [-0.25, -0.2) is 8.78 Å². The molecule has 0 heterocycles. The second-order valence-electron chi connectivity index (χ2n) is 5.36. The Morgan fingerprint density at radius 3 is 2.24 bits per heavy atom. The van der Waals surface area contributed by atoms with Crippen LogP contribution in [-0.4, -0.2) is 5.11 Å². The smallest absolute Gasteiger partial charge is 0.173 e. The zero-order valence-corrected chi connectivity index (χ0v) is 13.8. The van der Waals surface area contributed by atoms with E-state index in [0.29, 0.717) is 12.0 Å². The lowest BCUT2D eigenvalue weighted by Crippen LogP contribution is -2.07. The third kappa shape index (κ3) is 3.33. The van der Waals surface area contributed by atoms with Gasteiger partial charge in [0, 0.05) is 6.42 Å². The normalized spacial score (nSPS) is 12.5. The first-order valence-electron chi connectivity index (χ1n) is 6.69. The minimum absolute atomic E-state index is 0.0163. The Hall–Kier alpha value is -1.26. The van der Waals surface area contributed by atoms with E-state index in [9.17, 15) is 13.9 Å². The number of hydrogen-bond acceptors (Lipinski definition) is 1. The number of aryl methyl sites for hydroxylation is 3. The van der Waals surface area contributed by atoms with Gasteiger partial charge in [0.15, 0.2) is 11.6 Å². The highest BCUT2D eigenvalue weighted by Crippen LogP contribution is 2.31. The second kappa shape index (κ2) is 6.24. The third-order valence-electron chi connectivity index (χ3n) is 3.66. The van der Waals surface area contributed by atoms with Crippen LogP contribution in [0.5, 0.6) is 0 Å². The lowest BCUT2D eigenvalue weighted by Gasteiger charge is -2.17. The molecule has 0 aromatic heterocycles. The summed E-state index contributed by atoms with van der Waals surface area (Å²) in [6.45, 7) is 6.00. The lowest BCUT2D eigenvalue weighted by atomic mass is 9.93. The van der Waals surface area contributed by atoms with E-state index in [1.54, 1.807) is 0 Å². The van der Waals surface area contributed by atoms with Crippen molar-refractivity contribution in [2.45, 2.75) is 33.3 Å². The van der Waals surface area contributed by atoms with Gasteiger partial charge >= 0.3 is 0 Å². The third-order valence-corrected chi connectivity index (χ3v) is 4.47. The molecule has 1 atom stereocenters. The predicted molar refractivity (Wildman–Crippen MR) is 83.4 cm³/mol. The van der Waals surface area contributed by atoms with E-state index < -0.39 is 17.7 Å². The van der Waals surface area contributed by atoms with Crippen LogP contribution in [-0.2, 0) is 6.42 Å². The summed E-state index contributed by atoms with van der Waals surface area (Å²) in [5, 5.41) is 10.4. The molecule has 4 heteroatoms. The SMILES string of the molecule is Cc1cc(C)c(CC(O)c2ccc(F)c(F)c2Br)c(C)c1. The highest BCUT2D eigenvalue weighted by atomic mass is 79.9. The average molecular weight is 355 g/mol. The van der Waals surface area contributed by atoms with Gasteiger partial charge < -0.3 is 5.11 Å². The van der Waals surface area contributed by atoms with Gasteiger partial charge in [-0.15, -0.1) is 0 Å². The summed E-state index contributed by atoms with van der Waals surface area (Å²) in [5.41, 5.74) is 4.73. The summed E-state index contributed by atoms with van der Waals surface area (Å²) < 4.78 is 26.7. The molecule has 2 rings (SSSR count). The summed E-state index contributed by atoms with van der Waals surface area (Å²) >= 11 is 3.02. The molecule has 1 nitrogen and oxygen atoms in total. The first-order valence-corrected chi connectivity index (χ1v) is 7.48. The Kier molecular flexibility index (Phi) is 4.79. The maximum Gasteiger partial charge on any atom is 0.173 e. The summed E-state index contributed by atoms with van der Waals surface area (Å²) in [4.78, 5) is 0. The topological polar surface area (TPSA) is 20.2 Å². The van der Waals surface area contributed by atoms with Gasteiger partial charge in [0.1, 0.15) is 0 Å². The van der Waals surface area contributed by atoms with Crippen molar-refractivity contribution in [3.05, 3.63) is 68.2 Å². The number of aliphatic hydroxyl groups is 1. The van der Waals surface area contributed by atoms with Crippen LogP contribution in [0.1, 0.15) is 33.9 Å². The highest BCUT2D eigenvalue weighted by molar-refractivity contribution is 9.10. The van der Waals surface area contributed by atoms with E-state index in [4.69, 9.17) is 0 Å². The van der Waals surface area contributed by atoms with E-state index >= 15 is 0 Å². The van der Waals surface area contributed by atoms with Crippen molar-refractivity contribution in [3.8, 4) is 0 Å². The molecular weight excluding hydrogens is 338 g/mol. The van der Waals surface area contributed by atoms with Crippen molar-refractivity contribution in [1.82, 2.24) is 0 Å². The van der Waals surface area contributed by atoms with Gasteiger partial charge in [-0.3, -0.25) is 0 Å². The van der Waals surface area contributed by atoms with Crippen molar-refractivity contribution in [2.24, 2.45) is 0 Å². The average Bonchev–Trinajstić information content (AvgIpc) is 2.40. The maximum absolute atomic E-state index is 13.6. The summed E-state index contributed by atoms with van der Waals surface area (Å²) in [5.74, 6) is -1.90. The minimum atomic E-state index is -0.969. The van der Waals surface area contributed by atoms with Crippen LogP contribution in [0.15, 0.2) is 28.7 Å². The molecule has 0 spiro atoms. The largest absolute Gasteiger partial charge is 0.388 e. The van der Waals surface area contributed by atoms with Gasteiger partial charge in [-0.05, 0) is 65.0 Å². The summed E-state index contributed by atoms with van der Waals surface area (Å²) in [6.07, 6.45) is -0.531. The summed E-state index contributed by atoms with van der Waals surface area (Å²) in [6, 6.07) is 6.55. The monoisotopic (exact) mass is 354 g/mol. The molecule has 21 heavy (non-hydrogen) atoms. The Morgan fingerprint density at radius 1 is 1.10 bits per heavy atom. The molecule has 1 unspecified atom stereocenters. The van der Waals surface area contributed by atoms with E-state index in [-0.39, 0.29) is 4.47 Å². The van der Waals surface area contributed by atoms with Crippen LogP contribution < -0.4 is 0 Å². The van der Waals surface area contributed by atoms with Crippen LogP contribution in [0.2, 0.25) is 0 Å². The fourth-order valence-corrected chi connectivity index (χ4v) is 3.22. The van der Waals surface area contributed by atoms with Crippen LogP contribution in [0.25, 0.3) is 0 Å². The second-order valence-corrected chi connectivity index (χ2v) is 6.15. The van der Waals surface area contributed by atoms with Gasteiger partial charge in [-0.2, -0.15) is 0 Å². The first kappa shape index (κ1) is 16.1. The fraction of sp³-hybridized carbons (Fsp3) is 0.294. The molecule has 0 radical (unpaired) electrons. The van der Waals surface area contributed by atoms with Crippen molar-refractivity contribution < 1.29 is 13.9 Å².